The van der Waals surface area contributed by atoms with E-state index in [9.17, 15) is 0 Å². The highest BCUT2D eigenvalue weighted by Gasteiger charge is 2.11. The molecule has 16 heavy (non-hydrogen) atoms. The van der Waals surface area contributed by atoms with Crippen molar-refractivity contribution in [3.05, 3.63) is 28.8 Å². The van der Waals surface area contributed by atoms with Crippen LogP contribution in [0.15, 0.2) is 12.1 Å². The van der Waals surface area contributed by atoms with Gasteiger partial charge in [-0.15, -0.1) is 0 Å². The quantitative estimate of drug-likeness (QED) is 0.829. The van der Waals surface area contributed by atoms with Gasteiger partial charge in [0.05, 0.1) is 7.11 Å². The van der Waals surface area contributed by atoms with Gasteiger partial charge in [-0.25, -0.2) is 0 Å². The zero-order valence-electron chi connectivity index (χ0n) is 10.8. The number of benzene rings is 1. The number of ether oxygens (including phenoxy) is 1. The van der Waals surface area contributed by atoms with Crippen LogP contribution in [-0.4, -0.2) is 13.7 Å². The van der Waals surface area contributed by atoms with Gasteiger partial charge in [-0.2, -0.15) is 0 Å². The van der Waals surface area contributed by atoms with Crippen molar-refractivity contribution in [2.75, 3.05) is 13.7 Å². The van der Waals surface area contributed by atoms with Gasteiger partial charge >= 0.3 is 0 Å². The van der Waals surface area contributed by atoms with E-state index in [1.54, 1.807) is 7.11 Å². The van der Waals surface area contributed by atoms with Crippen LogP contribution >= 0.6 is 0 Å². The molecule has 2 N–H and O–H groups in total. The summed E-state index contributed by atoms with van der Waals surface area (Å²) in [5, 5.41) is 0. The molecule has 0 aromatic heterocycles. The summed E-state index contributed by atoms with van der Waals surface area (Å²) in [6.07, 6.45) is 2.13. The van der Waals surface area contributed by atoms with E-state index in [4.69, 9.17) is 10.5 Å². The van der Waals surface area contributed by atoms with Crippen LogP contribution in [0.25, 0.3) is 0 Å². The predicted octanol–water partition coefficient (Wildman–Crippen LogP) is 2.84. The van der Waals surface area contributed by atoms with Crippen LogP contribution in [0, 0.1) is 19.8 Å². The molecular weight excluding hydrogens is 198 g/mol. The maximum absolute atomic E-state index is 5.75. The second-order valence-electron chi connectivity index (χ2n) is 4.46. The fourth-order valence-corrected chi connectivity index (χ4v) is 1.90. The van der Waals surface area contributed by atoms with Crippen molar-refractivity contribution in [2.24, 2.45) is 11.7 Å². The van der Waals surface area contributed by atoms with E-state index in [2.05, 4.69) is 32.9 Å². The van der Waals surface area contributed by atoms with E-state index in [1.807, 2.05) is 0 Å². The number of hydrogen-bond donors (Lipinski definition) is 1. The Kier molecular flexibility index (Phi) is 4.81. The normalized spacial score (nSPS) is 12.6. The molecule has 1 rings (SSSR count). The summed E-state index contributed by atoms with van der Waals surface area (Å²) in [5.74, 6) is 1.55. The molecule has 0 saturated heterocycles. The van der Waals surface area contributed by atoms with E-state index < -0.39 is 0 Å². The fraction of sp³-hybridized carbons (Fsp3) is 0.571. The van der Waals surface area contributed by atoms with Gasteiger partial charge < -0.3 is 10.5 Å². The van der Waals surface area contributed by atoms with Crippen LogP contribution in [-0.2, 0) is 6.42 Å². The first-order valence-corrected chi connectivity index (χ1v) is 5.96. The number of hydrogen-bond acceptors (Lipinski definition) is 2. The Balaban J connectivity index is 2.97. The van der Waals surface area contributed by atoms with Gasteiger partial charge in [0, 0.05) is 0 Å². The topological polar surface area (TPSA) is 35.2 Å². The monoisotopic (exact) mass is 221 g/mol. The van der Waals surface area contributed by atoms with E-state index in [1.165, 1.54) is 16.7 Å². The second-order valence-corrected chi connectivity index (χ2v) is 4.46. The molecule has 2 heteroatoms. The van der Waals surface area contributed by atoms with E-state index in [0.717, 1.165) is 25.1 Å². The van der Waals surface area contributed by atoms with Crippen LogP contribution < -0.4 is 10.5 Å². The summed E-state index contributed by atoms with van der Waals surface area (Å²) in [5.41, 5.74) is 9.63. The Bertz CT molecular complexity index is 343. The van der Waals surface area contributed by atoms with Crippen LogP contribution in [0.3, 0.4) is 0 Å². The average Bonchev–Trinajstić information content (AvgIpc) is 2.29. The fourth-order valence-electron chi connectivity index (χ4n) is 1.90. The number of aryl methyl sites for hydroxylation is 2. The molecule has 1 aromatic carbocycles. The summed E-state index contributed by atoms with van der Waals surface area (Å²) in [7, 11) is 1.73. The molecular formula is C14H23NO. The molecule has 0 radical (unpaired) electrons. The Morgan fingerprint density at radius 3 is 2.38 bits per heavy atom. The van der Waals surface area contributed by atoms with Gasteiger partial charge in [-0.1, -0.05) is 19.4 Å². The summed E-state index contributed by atoms with van der Waals surface area (Å²) >= 11 is 0. The zero-order valence-corrected chi connectivity index (χ0v) is 10.8. The molecule has 2 nitrogen and oxygen atoms in total. The van der Waals surface area contributed by atoms with Crippen molar-refractivity contribution < 1.29 is 4.74 Å². The highest BCUT2D eigenvalue weighted by Crippen LogP contribution is 2.26. The minimum Gasteiger partial charge on any atom is -0.496 e. The molecule has 0 bridgehead atoms. The summed E-state index contributed by atoms with van der Waals surface area (Å²) in [4.78, 5) is 0. The SMILES string of the molecule is CCC(CN)Cc1cc(C)c(C)cc1OC. The Hall–Kier alpha value is -1.02. The van der Waals surface area contributed by atoms with Gasteiger partial charge in [0.25, 0.3) is 0 Å². The molecule has 0 aliphatic rings. The van der Waals surface area contributed by atoms with Gasteiger partial charge in [-0.05, 0) is 55.5 Å². The Morgan fingerprint density at radius 1 is 1.25 bits per heavy atom. The van der Waals surface area contributed by atoms with Crippen LogP contribution in [0.5, 0.6) is 5.75 Å². The van der Waals surface area contributed by atoms with Crippen molar-refractivity contribution >= 4 is 0 Å². The molecule has 0 heterocycles. The molecule has 0 spiro atoms. The highest BCUT2D eigenvalue weighted by molar-refractivity contribution is 5.42. The van der Waals surface area contributed by atoms with E-state index in [-0.39, 0.29) is 0 Å². The van der Waals surface area contributed by atoms with E-state index in [0.29, 0.717) is 5.92 Å². The maximum Gasteiger partial charge on any atom is 0.122 e. The lowest BCUT2D eigenvalue weighted by molar-refractivity contribution is 0.402. The molecule has 0 saturated carbocycles. The third-order valence-corrected chi connectivity index (χ3v) is 3.32. The number of rotatable bonds is 5. The first-order valence-electron chi connectivity index (χ1n) is 5.96. The minimum atomic E-state index is 0.552. The van der Waals surface area contributed by atoms with Crippen molar-refractivity contribution in [1.82, 2.24) is 0 Å². The second kappa shape index (κ2) is 5.90. The molecule has 0 fully saturated rings. The highest BCUT2D eigenvalue weighted by atomic mass is 16.5. The van der Waals surface area contributed by atoms with Gasteiger partial charge in [0.1, 0.15) is 5.75 Å². The van der Waals surface area contributed by atoms with Crippen molar-refractivity contribution in [3.63, 3.8) is 0 Å². The van der Waals surface area contributed by atoms with Crippen molar-refractivity contribution in [3.8, 4) is 5.75 Å². The summed E-state index contributed by atoms with van der Waals surface area (Å²) in [6.45, 7) is 7.18. The van der Waals surface area contributed by atoms with Gasteiger partial charge in [-0.3, -0.25) is 0 Å². The molecule has 0 amide bonds. The summed E-state index contributed by atoms with van der Waals surface area (Å²) < 4.78 is 5.43. The first kappa shape index (κ1) is 13.0. The van der Waals surface area contributed by atoms with Crippen molar-refractivity contribution in [1.29, 1.82) is 0 Å². The third-order valence-electron chi connectivity index (χ3n) is 3.32. The van der Waals surface area contributed by atoms with Crippen molar-refractivity contribution in [2.45, 2.75) is 33.6 Å². The summed E-state index contributed by atoms with van der Waals surface area (Å²) in [6, 6.07) is 4.35. The lowest BCUT2D eigenvalue weighted by Gasteiger charge is -2.16. The van der Waals surface area contributed by atoms with Crippen LogP contribution in [0.2, 0.25) is 0 Å². The van der Waals surface area contributed by atoms with Crippen LogP contribution in [0.1, 0.15) is 30.0 Å². The standard InChI is InChI=1S/C14H23NO/c1-5-12(9-15)8-13-6-10(2)11(3)7-14(13)16-4/h6-7,12H,5,8-9,15H2,1-4H3. The third kappa shape index (κ3) is 2.99. The van der Waals surface area contributed by atoms with E-state index >= 15 is 0 Å². The molecule has 0 aliphatic heterocycles. The smallest absolute Gasteiger partial charge is 0.122 e. The lowest BCUT2D eigenvalue weighted by Crippen LogP contribution is -2.16. The first-order chi connectivity index (χ1) is 7.62. The number of methoxy groups -OCH3 is 1. The van der Waals surface area contributed by atoms with Gasteiger partial charge in [0.15, 0.2) is 0 Å². The number of nitrogens with two attached hydrogens (primary N) is 1. The molecule has 1 aromatic rings. The van der Waals surface area contributed by atoms with Crippen LogP contribution in [0.4, 0.5) is 0 Å². The Morgan fingerprint density at radius 2 is 1.88 bits per heavy atom. The maximum atomic E-state index is 5.75. The zero-order chi connectivity index (χ0) is 12.1. The minimum absolute atomic E-state index is 0.552. The molecule has 1 unspecified atom stereocenters. The average molecular weight is 221 g/mol. The largest absolute Gasteiger partial charge is 0.496 e. The van der Waals surface area contributed by atoms with Gasteiger partial charge in [0.2, 0.25) is 0 Å². The molecule has 0 aliphatic carbocycles. The molecule has 90 valence electrons. The lowest BCUT2D eigenvalue weighted by atomic mass is 9.94. The molecule has 1 atom stereocenters. The predicted molar refractivity (Wildman–Crippen MR) is 69.0 cm³/mol. The Labute approximate surface area is 98.8 Å².